The molecule has 2 aromatic carbocycles. The van der Waals surface area contributed by atoms with Gasteiger partial charge in [-0.1, -0.05) is 0 Å². The third kappa shape index (κ3) is 4.41. The lowest BCUT2D eigenvalue weighted by atomic mass is 9.92. The van der Waals surface area contributed by atoms with Crippen LogP contribution in [0.1, 0.15) is 36.0 Å². The number of aromatic nitrogens is 1. The third-order valence-electron chi connectivity index (χ3n) is 5.37. The number of phenols is 1. The Morgan fingerprint density at radius 2 is 1.80 bits per heavy atom. The number of phenolic OH excluding ortho intramolecular Hbond substituents is 1. The van der Waals surface area contributed by atoms with Gasteiger partial charge in [0.15, 0.2) is 0 Å². The van der Waals surface area contributed by atoms with E-state index in [1.54, 1.807) is 30.3 Å². The Labute approximate surface area is 174 Å². The van der Waals surface area contributed by atoms with Crippen molar-refractivity contribution in [3.63, 3.8) is 0 Å². The smallest absolute Gasteiger partial charge is 0.250 e. The Bertz CT molecular complexity index is 1020. The zero-order valence-corrected chi connectivity index (χ0v) is 16.5. The Morgan fingerprint density at radius 3 is 2.50 bits per heavy atom. The number of aromatic hydroxyl groups is 1. The molecule has 1 saturated carbocycles. The Morgan fingerprint density at radius 1 is 1.07 bits per heavy atom. The number of carbonyl (C=O) groups excluding carboxylic acids is 1. The molecule has 7 nitrogen and oxygen atoms in total. The fourth-order valence-corrected chi connectivity index (χ4v) is 3.75. The van der Waals surface area contributed by atoms with E-state index in [0.717, 1.165) is 31.4 Å². The number of nitrogens with one attached hydrogen (secondary N) is 1. The van der Waals surface area contributed by atoms with Crippen LogP contribution in [-0.4, -0.2) is 32.8 Å². The number of aliphatic hydroxyl groups excluding tert-OH is 1. The van der Waals surface area contributed by atoms with E-state index in [4.69, 9.17) is 10.5 Å². The van der Waals surface area contributed by atoms with Crippen LogP contribution in [0.25, 0.3) is 5.69 Å². The first kappa shape index (κ1) is 19.8. The standard InChI is InChI=1S/C23H25N3O4/c24-23(29)20-12-5-16(14-21(20)25-15-3-6-17(27)7-4-15)26-13-1-2-22(26)30-19-10-8-18(28)9-11-19/h1-2,5,8-15,17,25,27-28H,3-4,6-7H2,(H2,24,29)/t15-,17-. The molecule has 1 fully saturated rings. The van der Waals surface area contributed by atoms with Gasteiger partial charge in [-0.05, 0) is 74.2 Å². The zero-order chi connectivity index (χ0) is 21.1. The van der Waals surface area contributed by atoms with Crippen molar-refractivity contribution in [2.45, 2.75) is 37.8 Å². The predicted octanol–water partition coefficient (Wildman–Crippen LogP) is 3.79. The number of benzene rings is 2. The summed E-state index contributed by atoms with van der Waals surface area (Å²) < 4.78 is 7.82. The molecule has 0 unspecified atom stereocenters. The molecule has 0 saturated heterocycles. The number of primary amides is 1. The fourth-order valence-electron chi connectivity index (χ4n) is 3.75. The number of nitrogens with zero attached hydrogens (tertiary/aromatic N) is 1. The number of amides is 1. The largest absolute Gasteiger partial charge is 0.508 e. The highest BCUT2D eigenvalue weighted by Gasteiger charge is 2.21. The SMILES string of the molecule is NC(=O)c1ccc(-n2cccc2Oc2ccc(O)cc2)cc1N[C@H]1CC[C@H](O)CC1. The molecule has 0 spiro atoms. The molecular formula is C23H25N3O4. The number of rotatable bonds is 6. The molecule has 3 aromatic rings. The van der Waals surface area contributed by atoms with Crippen LogP contribution in [0.5, 0.6) is 17.4 Å². The molecule has 30 heavy (non-hydrogen) atoms. The molecule has 0 aliphatic heterocycles. The van der Waals surface area contributed by atoms with Crippen LogP contribution in [0.4, 0.5) is 5.69 Å². The molecule has 4 rings (SSSR count). The summed E-state index contributed by atoms with van der Waals surface area (Å²) in [5.41, 5.74) is 7.50. The second-order valence-electron chi connectivity index (χ2n) is 7.56. The number of hydrogen-bond donors (Lipinski definition) is 4. The summed E-state index contributed by atoms with van der Waals surface area (Å²) in [5.74, 6) is 0.874. The van der Waals surface area contributed by atoms with E-state index in [9.17, 15) is 15.0 Å². The first-order valence-electron chi connectivity index (χ1n) is 10.0. The van der Waals surface area contributed by atoms with Gasteiger partial charge in [0, 0.05) is 24.0 Å². The van der Waals surface area contributed by atoms with E-state index in [-0.39, 0.29) is 17.9 Å². The lowest BCUT2D eigenvalue weighted by Gasteiger charge is -2.28. The van der Waals surface area contributed by atoms with Gasteiger partial charge in [0.05, 0.1) is 17.4 Å². The van der Waals surface area contributed by atoms with Gasteiger partial charge in [-0.15, -0.1) is 0 Å². The summed E-state index contributed by atoms with van der Waals surface area (Å²) in [6.45, 7) is 0. The highest BCUT2D eigenvalue weighted by Crippen LogP contribution is 2.30. The predicted molar refractivity (Wildman–Crippen MR) is 114 cm³/mol. The Balaban J connectivity index is 1.61. The average Bonchev–Trinajstić information content (AvgIpc) is 3.19. The van der Waals surface area contributed by atoms with E-state index in [2.05, 4.69) is 5.32 Å². The molecular weight excluding hydrogens is 382 g/mol. The van der Waals surface area contributed by atoms with Gasteiger partial charge >= 0.3 is 0 Å². The van der Waals surface area contributed by atoms with Crippen LogP contribution in [0.15, 0.2) is 60.8 Å². The monoisotopic (exact) mass is 407 g/mol. The van der Waals surface area contributed by atoms with Gasteiger partial charge in [0.1, 0.15) is 11.5 Å². The molecule has 0 radical (unpaired) electrons. The summed E-state index contributed by atoms with van der Waals surface area (Å²) in [7, 11) is 0. The van der Waals surface area contributed by atoms with Crippen molar-refractivity contribution in [1.82, 2.24) is 4.57 Å². The van der Waals surface area contributed by atoms with Crippen LogP contribution in [-0.2, 0) is 0 Å². The molecule has 1 aliphatic carbocycles. The highest BCUT2D eigenvalue weighted by atomic mass is 16.5. The summed E-state index contributed by atoms with van der Waals surface area (Å²) >= 11 is 0. The summed E-state index contributed by atoms with van der Waals surface area (Å²) in [4.78, 5) is 11.9. The average molecular weight is 407 g/mol. The van der Waals surface area contributed by atoms with Crippen molar-refractivity contribution < 1.29 is 19.7 Å². The quantitative estimate of drug-likeness (QED) is 0.497. The van der Waals surface area contributed by atoms with Gasteiger partial charge < -0.3 is 26.0 Å². The number of aliphatic hydroxyl groups is 1. The molecule has 0 atom stereocenters. The maximum Gasteiger partial charge on any atom is 0.250 e. The van der Waals surface area contributed by atoms with E-state index in [1.807, 2.05) is 35.0 Å². The molecule has 7 heteroatoms. The van der Waals surface area contributed by atoms with Crippen LogP contribution in [0.3, 0.4) is 0 Å². The van der Waals surface area contributed by atoms with Gasteiger partial charge in [-0.3, -0.25) is 9.36 Å². The van der Waals surface area contributed by atoms with E-state index in [1.165, 1.54) is 0 Å². The molecule has 1 heterocycles. The van der Waals surface area contributed by atoms with E-state index < -0.39 is 5.91 Å². The molecule has 1 amide bonds. The van der Waals surface area contributed by atoms with Gasteiger partial charge in [-0.25, -0.2) is 0 Å². The first-order chi connectivity index (χ1) is 14.5. The second-order valence-corrected chi connectivity index (χ2v) is 7.56. The number of ether oxygens (including phenoxy) is 1. The van der Waals surface area contributed by atoms with Gasteiger partial charge in [-0.2, -0.15) is 0 Å². The van der Waals surface area contributed by atoms with E-state index in [0.29, 0.717) is 22.9 Å². The normalized spacial score (nSPS) is 18.7. The first-order valence-corrected chi connectivity index (χ1v) is 10.0. The summed E-state index contributed by atoms with van der Waals surface area (Å²) in [6, 6.07) is 15.8. The summed E-state index contributed by atoms with van der Waals surface area (Å²) in [5, 5.41) is 22.6. The maximum absolute atomic E-state index is 11.9. The Kier molecular flexibility index (Phi) is 5.63. The minimum absolute atomic E-state index is 0.172. The van der Waals surface area contributed by atoms with Crippen molar-refractivity contribution in [3.05, 3.63) is 66.4 Å². The van der Waals surface area contributed by atoms with Gasteiger partial charge in [0.2, 0.25) is 5.88 Å². The number of anilines is 1. The number of nitrogens with two attached hydrogens (primary N) is 1. The highest BCUT2D eigenvalue weighted by molar-refractivity contribution is 5.99. The zero-order valence-electron chi connectivity index (χ0n) is 16.5. The lowest BCUT2D eigenvalue weighted by Crippen LogP contribution is -2.29. The van der Waals surface area contributed by atoms with Crippen LogP contribution >= 0.6 is 0 Å². The maximum atomic E-state index is 11.9. The molecule has 0 bridgehead atoms. The van der Waals surface area contributed by atoms with E-state index >= 15 is 0 Å². The molecule has 1 aliphatic rings. The topological polar surface area (TPSA) is 110 Å². The summed E-state index contributed by atoms with van der Waals surface area (Å²) in [6.07, 6.45) is 4.78. The minimum atomic E-state index is -0.493. The van der Waals surface area contributed by atoms with Crippen molar-refractivity contribution in [3.8, 4) is 23.1 Å². The third-order valence-corrected chi connectivity index (χ3v) is 5.37. The lowest BCUT2D eigenvalue weighted by molar-refractivity contribution is 0.100. The van der Waals surface area contributed by atoms with Crippen LogP contribution < -0.4 is 15.8 Å². The number of hydrogen-bond acceptors (Lipinski definition) is 5. The van der Waals surface area contributed by atoms with Crippen LogP contribution in [0.2, 0.25) is 0 Å². The van der Waals surface area contributed by atoms with Crippen molar-refractivity contribution in [2.24, 2.45) is 5.73 Å². The molecule has 5 N–H and O–H groups in total. The molecule has 156 valence electrons. The fraction of sp³-hybridized carbons (Fsp3) is 0.261. The second kappa shape index (κ2) is 8.51. The Hall–Kier alpha value is -3.45. The number of carbonyl (C=O) groups is 1. The van der Waals surface area contributed by atoms with Gasteiger partial charge in [0.25, 0.3) is 5.91 Å². The van der Waals surface area contributed by atoms with Crippen molar-refractivity contribution in [2.75, 3.05) is 5.32 Å². The van der Waals surface area contributed by atoms with Crippen molar-refractivity contribution in [1.29, 1.82) is 0 Å². The van der Waals surface area contributed by atoms with Crippen LogP contribution in [0, 0.1) is 0 Å². The minimum Gasteiger partial charge on any atom is -0.508 e. The molecule has 1 aromatic heterocycles. The van der Waals surface area contributed by atoms with Crippen molar-refractivity contribution >= 4 is 11.6 Å².